The molecule has 0 bridgehead atoms. The highest BCUT2D eigenvalue weighted by Gasteiger charge is 2.17. The topological polar surface area (TPSA) is 54.2 Å². The van der Waals surface area contributed by atoms with Crippen LogP contribution in [0.4, 0.5) is 11.4 Å². The molecule has 1 aromatic carbocycles. The van der Waals surface area contributed by atoms with Crippen molar-refractivity contribution in [3.8, 4) is 0 Å². The van der Waals surface area contributed by atoms with Crippen molar-refractivity contribution < 1.29 is 4.52 Å². The number of aromatic nitrogens is 2. The molecule has 0 fully saturated rings. The maximum Gasteiger partial charge on any atom is 0.226 e. The van der Waals surface area contributed by atoms with Gasteiger partial charge in [-0.15, -0.1) is 0 Å². The summed E-state index contributed by atoms with van der Waals surface area (Å²) in [5.41, 5.74) is 2.39. The van der Waals surface area contributed by atoms with E-state index in [0.717, 1.165) is 37.6 Å². The summed E-state index contributed by atoms with van der Waals surface area (Å²) in [7, 11) is 0. The molecule has 0 saturated heterocycles. The predicted octanol–water partition coefficient (Wildman–Crippen LogP) is 3.09. The smallest absolute Gasteiger partial charge is 0.226 e. The highest BCUT2D eigenvalue weighted by molar-refractivity contribution is 5.70. The molecule has 0 saturated carbocycles. The van der Waals surface area contributed by atoms with Crippen LogP contribution in [0.1, 0.15) is 32.0 Å². The Hall–Kier alpha value is -2.04. The zero-order valence-corrected chi connectivity index (χ0v) is 12.7. The molecule has 112 valence electrons. The van der Waals surface area contributed by atoms with Gasteiger partial charge in [-0.2, -0.15) is 4.98 Å². The van der Waals surface area contributed by atoms with Gasteiger partial charge in [0.05, 0.1) is 17.9 Å². The van der Waals surface area contributed by atoms with Gasteiger partial charge in [-0.05, 0) is 24.5 Å². The quantitative estimate of drug-likeness (QED) is 0.936. The summed E-state index contributed by atoms with van der Waals surface area (Å²) >= 11 is 0. The molecule has 0 amide bonds. The summed E-state index contributed by atoms with van der Waals surface area (Å²) < 4.78 is 5.33. The van der Waals surface area contributed by atoms with Gasteiger partial charge < -0.3 is 14.7 Å². The van der Waals surface area contributed by atoms with Crippen LogP contribution in [0.5, 0.6) is 0 Å². The minimum absolute atomic E-state index is 0.529. The first-order valence-corrected chi connectivity index (χ1v) is 7.61. The molecule has 1 aliphatic rings. The Balaban J connectivity index is 1.76. The van der Waals surface area contributed by atoms with E-state index in [1.54, 1.807) is 0 Å². The van der Waals surface area contributed by atoms with Crippen LogP contribution in [0, 0.1) is 5.92 Å². The van der Waals surface area contributed by atoms with Crippen molar-refractivity contribution in [3.63, 3.8) is 0 Å². The number of para-hydroxylation sites is 2. The molecule has 5 nitrogen and oxygen atoms in total. The fraction of sp³-hybridized carbons (Fsp3) is 0.500. The van der Waals surface area contributed by atoms with Crippen LogP contribution in [-0.4, -0.2) is 23.2 Å². The normalized spacial score (nSPS) is 14.7. The Morgan fingerprint density at radius 2 is 2.19 bits per heavy atom. The highest BCUT2D eigenvalue weighted by atomic mass is 16.5. The third-order valence-electron chi connectivity index (χ3n) is 3.59. The Bertz CT molecular complexity index is 593. The first-order chi connectivity index (χ1) is 10.2. The molecule has 5 heteroatoms. The second-order valence-electron chi connectivity index (χ2n) is 5.92. The van der Waals surface area contributed by atoms with Crippen LogP contribution < -0.4 is 10.2 Å². The van der Waals surface area contributed by atoms with Crippen molar-refractivity contribution in [2.45, 2.75) is 33.2 Å². The van der Waals surface area contributed by atoms with E-state index in [-0.39, 0.29) is 0 Å². The van der Waals surface area contributed by atoms with E-state index in [0.29, 0.717) is 12.5 Å². The third-order valence-corrected chi connectivity index (χ3v) is 3.59. The molecule has 0 aliphatic carbocycles. The Labute approximate surface area is 125 Å². The molecule has 0 unspecified atom stereocenters. The zero-order chi connectivity index (χ0) is 14.7. The molecular formula is C16H22N4O. The summed E-state index contributed by atoms with van der Waals surface area (Å²) in [4.78, 5) is 6.83. The summed E-state index contributed by atoms with van der Waals surface area (Å²) in [5.74, 6) is 2.03. The van der Waals surface area contributed by atoms with Crippen molar-refractivity contribution >= 4 is 11.4 Å². The van der Waals surface area contributed by atoms with E-state index in [4.69, 9.17) is 4.52 Å². The lowest BCUT2D eigenvalue weighted by molar-refractivity contribution is 0.358. The second-order valence-corrected chi connectivity index (χ2v) is 5.92. The van der Waals surface area contributed by atoms with Gasteiger partial charge in [0, 0.05) is 19.5 Å². The van der Waals surface area contributed by atoms with Crippen molar-refractivity contribution in [1.29, 1.82) is 0 Å². The van der Waals surface area contributed by atoms with Gasteiger partial charge in [-0.3, -0.25) is 0 Å². The summed E-state index contributed by atoms with van der Waals surface area (Å²) in [6, 6.07) is 8.39. The number of nitrogens with zero attached hydrogens (tertiary/aromatic N) is 3. The van der Waals surface area contributed by atoms with Gasteiger partial charge in [0.15, 0.2) is 5.82 Å². The standard InChI is InChI=1S/C16H22N4O/c1-12(2)10-16-18-15(19-21-16)11-20-9-5-8-17-13-6-3-4-7-14(13)20/h3-4,6-7,12,17H,5,8-11H2,1-2H3. The number of hydrogen-bond acceptors (Lipinski definition) is 5. The third kappa shape index (κ3) is 3.35. The van der Waals surface area contributed by atoms with Gasteiger partial charge >= 0.3 is 0 Å². The average molecular weight is 286 g/mol. The lowest BCUT2D eigenvalue weighted by Gasteiger charge is -2.22. The average Bonchev–Trinajstić information content (AvgIpc) is 2.78. The van der Waals surface area contributed by atoms with Crippen LogP contribution in [0.2, 0.25) is 0 Å². The molecule has 0 spiro atoms. The van der Waals surface area contributed by atoms with Crippen LogP contribution in [0.3, 0.4) is 0 Å². The molecule has 1 N–H and O–H groups in total. The number of fused-ring (bicyclic) bond motifs is 1. The lowest BCUT2D eigenvalue weighted by atomic mass is 10.1. The van der Waals surface area contributed by atoms with Gasteiger partial charge in [0.25, 0.3) is 0 Å². The molecule has 1 aromatic heterocycles. The molecule has 0 atom stereocenters. The van der Waals surface area contributed by atoms with Crippen LogP contribution in [0.15, 0.2) is 28.8 Å². The van der Waals surface area contributed by atoms with E-state index in [1.165, 1.54) is 11.4 Å². The molecular weight excluding hydrogens is 264 g/mol. The van der Waals surface area contributed by atoms with E-state index >= 15 is 0 Å². The number of hydrogen-bond donors (Lipinski definition) is 1. The minimum atomic E-state index is 0.529. The van der Waals surface area contributed by atoms with E-state index < -0.39 is 0 Å². The minimum Gasteiger partial charge on any atom is -0.383 e. The highest BCUT2D eigenvalue weighted by Crippen LogP contribution is 2.28. The molecule has 2 heterocycles. The maximum absolute atomic E-state index is 5.33. The molecule has 1 aliphatic heterocycles. The number of nitrogens with one attached hydrogen (secondary N) is 1. The van der Waals surface area contributed by atoms with E-state index in [1.807, 2.05) is 0 Å². The largest absolute Gasteiger partial charge is 0.383 e. The van der Waals surface area contributed by atoms with Crippen LogP contribution in [0.25, 0.3) is 0 Å². The van der Waals surface area contributed by atoms with Crippen molar-refractivity contribution in [2.24, 2.45) is 5.92 Å². The van der Waals surface area contributed by atoms with Crippen molar-refractivity contribution in [1.82, 2.24) is 10.1 Å². The molecule has 21 heavy (non-hydrogen) atoms. The number of benzene rings is 1. The van der Waals surface area contributed by atoms with Gasteiger partial charge in [0.1, 0.15) is 0 Å². The fourth-order valence-electron chi connectivity index (χ4n) is 2.63. The Kier molecular flexibility index (Phi) is 4.08. The molecule has 3 rings (SSSR count). The predicted molar refractivity (Wildman–Crippen MR) is 83.4 cm³/mol. The van der Waals surface area contributed by atoms with Gasteiger partial charge in [-0.25, -0.2) is 0 Å². The summed E-state index contributed by atoms with van der Waals surface area (Å²) in [5, 5.41) is 7.58. The first kappa shape index (κ1) is 13.9. The molecule has 0 radical (unpaired) electrons. The van der Waals surface area contributed by atoms with Gasteiger partial charge in [0.2, 0.25) is 5.89 Å². The Morgan fingerprint density at radius 1 is 1.33 bits per heavy atom. The Morgan fingerprint density at radius 3 is 3.05 bits per heavy atom. The first-order valence-electron chi connectivity index (χ1n) is 7.61. The van der Waals surface area contributed by atoms with Gasteiger partial charge in [-0.1, -0.05) is 31.1 Å². The monoisotopic (exact) mass is 286 g/mol. The van der Waals surface area contributed by atoms with Crippen LogP contribution in [-0.2, 0) is 13.0 Å². The summed E-state index contributed by atoms with van der Waals surface area (Å²) in [6.07, 6.45) is 1.94. The van der Waals surface area contributed by atoms with Crippen molar-refractivity contribution in [2.75, 3.05) is 23.3 Å². The molecule has 2 aromatic rings. The van der Waals surface area contributed by atoms with Crippen molar-refractivity contribution in [3.05, 3.63) is 36.0 Å². The van der Waals surface area contributed by atoms with Crippen LogP contribution >= 0.6 is 0 Å². The summed E-state index contributed by atoms with van der Waals surface area (Å²) in [6.45, 7) is 7.00. The number of rotatable bonds is 4. The SMILES string of the molecule is CC(C)Cc1nc(CN2CCCNc3ccccc32)no1. The lowest BCUT2D eigenvalue weighted by Crippen LogP contribution is -2.24. The van der Waals surface area contributed by atoms with E-state index in [9.17, 15) is 0 Å². The second kappa shape index (κ2) is 6.16. The van der Waals surface area contributed by atoms with E-state index in [2.05, 4.69) is 58.5 Å². The zero-order valence-electron chi connectivity index (χ0n) is 12.7. The fourth-order valence-corrected chi connectivity index (χ4v) is 2.63. The number of anilines is 2. The maximum atomic E-state index is 5.33.